The average molecular weight is 818 g/mol. The van der Waals surface area contributed by atoms with Crippen LogP contribution < -0.4 is 22.9 Å². The highest BCUT2D eigenvalue weighted by Crippen LogP contribution is 2.27. The van der Waals surface area contributed by atoms with Crippen molar-refractivity contribution in [3.63, 3.8) is 0 Å². The van der Waals surface area contributed by atoms with Gasteiger partial charge in [-0.25, -0.2) is 18.7 Å². The fraction of sp³-hybridized carbons (Fsp3) is 0.211. The highest BCUT2D eigenvalue weighted by Gasteiger charge is 2.43. The van der Waals surface area contributed by atoms with Gasteiger partial charge in [0.15, 0.2) is 11.4 Å². The fourth-order valence-electron chi connectivity index (χ4n) is 5.26. The van der Waals surface area contributed by atoms with Crippen LogP contribution in [0.3, 0.4) is 0 Å². The number of carbonyl (C=O) groups excluding carboxylic acids is 4. The maximum Gasteiger partial charge on any atom is 0.269 e. The van der Waals surface area contributed by atoms with Gasteiger partial charge in [0, 0.05) is 61.2 Å². The number of carbonyl (C=O) groups is 4. The number of rotatable bonds is 4. The molecule has 2 aliphatic rings. The molecule has 2 atom stereocenters. The fourth-order valence-corrected chi connectivity index (χ4v) is 5.62. The Morgan fingerprint density at radius 3 is 1.65 bits per heavy atom. The Labute approximate surface area is 322 Å². The van der Waals surface area contributed by atoms with Crippen LogP contribution in [-0.2, 0) is 9.59 Å². The van der Waals surface area contributed by atoms with E-state index < -0.39 is 40.6 Å². The van der Waals surface area contributed by atoms with Crippen LogP contribution in [-0.4, -0.2) is 92.0 Å². The number of hydrogen-bond acceptors (Lipinski definition) is 10. The van der Waals surface area contributed by atoms with Crippen LogP contribution in [0.2, 0.25) is 0 Å². The first-order valence-electron chi connectivity index (χ1n) is 16.1. The Kier molecular flexibility index (Phi) is 12.6. The predicted molar refractivity (Wildman–Crippen MR) is 203 cm³/mol. The van der Waals surface area contributed by atoms with Crippen LogP contribution in [0.1, 0.15) is 39.4 Å². The molecular weight excluding hydrogens is 782 g/mol. The van der Waals surface area contributed by atoms with E-state index in [0.717, 1.165) is 0 Å². The van der Waals surface area contributed by atoms with Crippen molar-refractivity contribution in [2.75, 3.05) is 38.7 Å². The van der Waals surface area contributed by atoms with Crippen molar-refractivity contribution in [3.8, 4) is 46.7 Å². The molecule has 0 bridgehead atoms. The van der Waals surface area contributed by atoms with Gasteiger partial charge < -0.3 is 42.9 Å². The first-order valence-corrected chi connectivity index (χ1v) is 16.9. The molecule has 0 spiro atoms. The van der Waals surface area contributed by atoms with Gasteiger partial charge in [0.25, 0.3) is 23.6 Å². The second-order valence-corrected chi connectivity index (χ2v) is 13.3. The van der Waals surface area contributed by atoms with Crippen molar-refractivity contribution in [1.82, 2.24) is 19.8 Å². The molecule has 17 heteroatoms. The lowest BCUT2D eigenvalue weighted by molar-refractivity contribution is -0.138. The van der Waals surface area contributed by atoms with Crippen molar-refractivity contribution in [2.45, 2.75) is 24.0 Å². The van der Waals surface area contributed by atoms with E-state index in [1.165, 1.54) is 58.3 Å². The molecule has 4 aromatic rings. The molecule has 2 aromatic carbocycles. The lowest BCUT2D eigenvalue weighted by atomic mass is 10.0. The summed E-state index contributed by atoms with van der Waals surface area (Å²) in [5.74, 6) is 3.94. The zero-order valence-corrected chi connectivity index (χ0v) is 31.0. The Balaban J connectivity index is 0.000000205. The molecule has 4 amide bonds. The normalized spacial score (nSPS) is 18.6. The number of primary amides is 2. The van der Waals surface area contributed by atoms with E-state index >= 15 is 0 Å². The molecule has 0 saturated carbocycles. The third-order valence-corrected chi connectivity index (χ3v) is 8.93. The highest BCUT2D eigenvalue weighted by atomic mass is 79.9. The van der Waals surface area contributed by atoms with E-state index in [-0.39, 0.29) is 51.9 Å². The van der Waals surface area contributed by atoms with Gasteiger partial charge in [-0.15, -0.1) is 6.42 Å². The molecular formula is C38H35BrF2N8O6. The number of likely N-dealkylation sites (N-methyl/N-ethyl adjacent to an activating group) is 2. The molecule has 2 fully saturated rings. The third kappa shape index (κ3) is 9.40. The van der Waals surface area contributed by atoms with Crippen molar-refractivity contribution < 1.29 is 38.2 Å². The Morgan fingerprint density at radius 1 is 0.782 bits per heavy atom. The Morgan fingerprint density at radius 2 is 1.24 bits per heavy atom. The van der Waals surface area contributed by atoms with Gasteiger partial charge in [0.1, 0.15) is 11.6 Å². The van der Waals surface area contributed by atoms with Gasteiger partial charge in [-0.2, -0.15) is 0 Å². The first kappa shape index (κ1) is 41.4. The number of amides is 4. The molecule has 10 N–H and O–H groups in total. The molecule has 14 nitrogen and oxygen atoms in total. The van der Waals surface area contributed by atoms with Crippen molar-refractivity contribution in [3.05, 3.63) is 93.7 Å². The monoisotopic (exact) mass is 816 g/mol. The number of benzene rings is 2. The molecule has 0 radical (unpaired) electrons. The third-order valence-electron chi connectivity index (χ3n) is 8.44. The Hall–Kier alpha value is -6.40. The molecule has 284 valence electrons. The van der Waals surface area contributed by atoms with Gasteiger partial charge in [0.2, 0.25) is 11.2 Å². The number of likely N-dealkylation sites (tertiary alicyclic amines) is 2. The number of nitrogens with zero attached hydrogens (tertiary/aromatic N) is 4. The van der Waals surface area contributed by atoms with Crippen LogP contribution in [0.15, 0.2) is 65.1 Å². The summed E-state index contributed by atoms with van der Waals surface area (Å²) in [4.78, 5) is 56.3. The van der Waals surface area contributed by atoms with E-state index in [1.807, 2.05) is 0 Å². The number of hydrogen-bond donors (Lipinski definition) is 6. The summed E-state index contributed by atoms with van der Waals surface area (Å²) in [6.45, 7) is 0.948. The summed E-state index contributed by atoms with van der Waals surface area (Å²) in [5.41, 5.74) is 19.6. The molecule has 0 aliphatic carbocycles. The smallest absolute Gasteiger partial charge is 0.269 e. The van der Waals surface area contributed by atoms with Gasteiger partial charge >= 0.3 is 0 Å². The molecule has 2 aromatic heterocycles. The van der Waals surface area contributed by atoms with E-state index in [4.69, 9.17) is 29.4 Å². The van der Waals surface area contributed by atoms with Crippen LogP contribution in [0.25, 0.3) is 22.5 Å². The molecule has 0 unspecified atom stereocenters. The van der Waals surface area contributed by atoms with Gasteiger partial charge in [-0.3, -0.25) is 19.2 Å². The zero-order valence-electron chi connectivity index (χ0n) is 29.4. The van der Waals surface area contributed by atoms with Crippen molar-refractivity contribution in [1.29, 1.82) is 0 Å². The van der Waals surface area contributed by atoms with E-state index in [2.05, 4.69) is 43.7 Å². The van der Waals surface area contributed by atoms with Crippen LogP contribution in [0.4, 0.5) is 20.2 Å². The number of nitrogens with two attached hydrogens (primary N) is 4. The minimum Gasteiger partial charge on any atom is -0.397 e. The van der Waals surface area contributed by atoms with Gasteiger partial charge in [-0.1, -0.05) is 33.7 Å². The summed E-state index contributed by atoms with van der Waals surface area (Å²) >= 11 is 3.24. The lowest BCUT2D eigenvalue weighted by Gasteiger charge is -2.13. The molecule has 55 heavy (non-hydrogen) atoms. The van der Waals surface area contributed by atoms with Gasteiger partial charge in [0.05, 0.1) is 22.8 Å². The summed E-state index contributed by atoms with van der Waals surface area (Å²) in [7, 11) is 3.21. The SMILES string of the molecule is C#C[C@]1(O)CCN(C)C1=O.CN1CC[C@@](O)(C#Cc2ccc(F)c(-c3ccc(N)c(C(N)=O)n3)c2)C1=O.NC(=O)c1nc(-c2cc(Br)ccc2F)ccc1N. The maximum absolute atomic E-state index is 14.3. The number of halogens is 3. The van der Waals surface area contributed by atoms with Crippen LogP contribution in [0, 0.1) is 35.8 Å². The maximum atomic E-state index is 14.3. The second kappa shape index (κ2) is 16.7. The van der Waals surface area contributed by atoms with Gasteiger partial charge in [-0.05, 0) is 60.7 Å². The topological polar surface area (TPSA) is 245 Å². The summed E-state index contributed by atoms with van der Waals surface area (Å²) in [5, 5.41) is 19.7. The van der Waals surface area contributed by atoms with E-state index in [0.29, 0.717) is 35.2 Å². The number of aromatic nitrogens is 2. The van der Waals surface area contributed by atoms with Crippen LogP contribution in [0.5, 0.6) is 0 Å². The zero-order chi connectivity index (χ0) is 40.8. The molecule has 6 rings (SSSR count). The van der Waals surface area contributed by atoms with Crippen molar-refractivity contribution >= 4 is 50.9 Å². The average Bonchev–Trinajstić information content (AvgIpc) is 3.57. The minimum absolute atomic E-state index is 0.0631. The lowest BCUT2D eigenvalue weighted by Crippen LogP contribution is -2.37. The van der Waals surface area contributed by atoms with Crippen LogP contribution >= 0.6 is 15.9 Å². The summed E-state index contributed by atoms with van der Waals surface area (Å²) in [6, 6.07) is 14.4. The quantitative estimate of drug-likeness (QED) is 0.164. The number of aliphatic hydroxyl groups is 2. The highest BCUT2D eigenvalue weighted by molar-refractivity contribution is 9.10. The minimum atomic E-state index is -1.75. The first-order chi connectivity index (χ1) is 25.8. The number of anilines is 2. The molecule has 4 heterocycles. The van der Waals surface area contributed by atoms with E-state index in [1.54, 1.807) is 26.2 Å². The second-order valence-electron chi connectivity index (χ2n) is 12.4. The summed E-state index contributed by atoms with van der Waals surface area (Å²) in [6.07, 6.45) is 5.52. The number of pyridine rings is 2. The number of terminal acetylenes is 1. The Bertz CT molecular complexity index is 2310. The summed E-state index contributed by atoms with van der Waals surface area (Å²) < 4.78 is 28.7. The number of nitrogen functional groups attached to an aromatic ring is 2. The largest absolute Gasteiger partial charge is 0.397 e. The van der Waals surface area contributed by atoms with Crippen molar-refractivity contribution in [2.24, 2.45) is 11.5 Å². The van der Waals surface area contributed by atoms with E-state index in [9.17, 15) is 38.2 Å². The molecule has 2 aliphatic heterocycles. The molecule has 2 saturated heterocycles. The predicted octanol–water partition coefficient (Wildman–Crippen LogP) is 2.06. The standard InChI is InChI=1S/C19H17FN4O3.C12H9BrFN3O.C7H9NO2/c1-24-9-8-19(27,18(24)26)7-6-11-2-3-13(20)12(10-11)15-5-4-14(21)16(23-15)17(22)25;13-6-1-2-8(14)7(5-6)10-4-3-9(15)11(17-10)12(16)18;1-3-7(10)4-5-8(2)6(7)9/h2-5,10,27H,8-9,21H2,1H3,(H2,22,25);1-5H,15H2,(H2,16,18);1,10H,4-5H2,2H3/t19-;;7-/m0.0/s1.